The lowest BCUT2D eigenvalue weighted by Crippen LogP contribution is -1.97. The van der Waals surface area contributed by atoms with Crippen LogP contribution in [-0.4, -0.2) is 6.61 Å². The first-order chi connectivity index (χ1) is 11.8. The van der Waals surface area contributed by atoms with Gasteiger partial charge < -0.3 is 9.47 Å². The molecule has 0 bridgehead atoms. The van der Waals surface area contributed by atoms with Gasteiger partial charge in [0.2, 0.25) is 0 Å². The van der Waals surface area contributed by atoms with E-state index in [9.17, 15) is 0 Å². The van der Waals surface area contributed by atoms with Crippen molar-refractivity contribution in [1.82, 2.24) is 0 Å². The van der Waals surface area contributed by atoms with E-state index in [4.69, 9.17) is 15.9 Å². The third kappa shape index (κ3) is 5.64. The summed E-state index contributed by atoms with van der Waals surface area (Å²) in [4.78, 5) is 0. The highest BCUT2D eigenvalue weighted by Crippen LogP contribution is 2.25. The van der Waals surface area contributed by atoms with Gasteiger partial charge in [-0.15, -0.1) is 6.42 Å². The summed E-state index contributed by atoms with van der Waals surface area (Å²) < 4.78 is 11.1. The molecule has 0 fully saturated rings. The molecule has 24 heavy (non-hydrogen) atoms. The summed E-state index contributed by atoms with van der Waals surface area (Å²) in [6.45, 7) is 2.97. The molecule has 0 amide bonds. The van der Waals surface area contributed by atoms with Gasteiger partial charge in [-0.1, -0.05) is 38.3 Å². The summed E-state index contributed by atoms with van der Waals surface area (Å²) in [7, 11) is 0. The van der Waals surface area contributed by atoms with E-state index in [-0.39, 0.29) is 0 Å². The van der Waals surface area contributed by atoms with Gasteiger partial charge in [0.25, 0.3) is 0 Å². The second-order valence-corrected chi connectivity index (χ2v) is 5.30. The highest BCUT2D eigenvalue weighted by Gasteiger charge is 2.00. The van der Waals surface area contributed by atoms with E-state index in [1.54, 1.807) is 0 Å². The topological polar surface area (TPSA) is 18.5 Å². The van der Waals surface area contributed by atoms with Crippen molar-refractivity contribution in [3.05, 3.63) is 36.4 Å². The summed E-state index contributed by atoms with van der Waals surface area (Å²) in [5.41, 5.74) is 0. The summed E-state index contributed by atoms with van der Waals surface area (Å²) in [6.07, 6.45) is 12.3. The minimum atomic E-state index is 0.672. The third-order valence-electron chi connectivity index (χ3n) is 3.47. The highest BCUT2D eigenvalue weighted by atomic mass is 16.5. The number of fused-ring (bicyclic) bond motifs is 1. The normalized spacial score (nSPS) is 9.17. The molecule has 0 atom stereocenters. The van der Waals surface area contributed by atoms with Crippen molar-refractivity contribution < 1.29 is 9.47 Å². The van der Waals surface area contributed by atoms with Crippen LogP contribution in [0.1, 0.15) is 32.6 Å². The lowest BCUT2D eigenvalue weighted by Gasteiger charge is -2.07. The number of unbranched alkanes of at least 4 members (excludes halogenated alkanes) is 3. The Morgan fingerprint density at radius 3 is 2.38 bits per heavy atom. The second kappa shape index (κ2) is 9.89. The van der Waals surface area contributed by atoms with E-state index in [1.165, 1.54) is 19.3 Å². The predicted molar refractivity (Wildman–Crippen MR) is 98.6 cm³/mol. The Kier molecular flexibility index (Phi) is 7.14. The molecule has 0 N–H and O–H groups in total. The average Bonchev–Trinajstić information content (AvgIpc) is 2.61. The first-order valence-electron chi connectivity index (χ1n) is 8.12. The molecule has 0 spiro atoms. The molecular formula is C22H20O2. The molecule has 0 aliphatic carbocycles. The molecule has 0 saturated carbocycles. The van der Waals surface area contributed by atoms with Gasteiger partial charge in [0.05, 0.1) is 6.61 Å². The SMILES string of the molecule is C#CC#CC#COc1ccc2cc(OCCCCCC)ccc2c1. The van der Waals surface area contributed by atoms with Crippen molar-refractivity contribution in [2.24, 2.45) is 0 Å². The Morgan fingerprint density at radius 1 is 0.875 bits per heavy atom. The van der Waals surface area contributed by atoms with Gasteiger partial charge in [-0.2, -0.15) is 0 Å². The molecule has 2 aromatic carbocycles. The van der Waals surface area contributed by atoms with Crippen LogP contribution in [0.3, 0.4) is 0 Å². The Labute approximate surface area is 144 Å². The zero-order valence-electron chi connectivity index (χ0n) is 13.9. The van der Waals surface area contributed by atoms with Crippen molar-refractivity contribution in [3.63, 3.8) is 0 Å². The van der Waals surface area contributed by atoms with Crippen molar-refractivity contribution in [1.29, 1.82) is 0 Å². The summed E-state index contributed by atoms with van der Waals surface area (Å²) >= 11 is 0. The molecule has 2 aromatic rings. The molecule has 0 radical (unpaired) electrons. The van der Waals surface area contributed by atoms with E-state index in [1.807, 2.05) is 36.4 Å². The Hall–Kier alpha value is -3.02. The maximum Gasteiger partial charge on any atom is 0.140 e. The molecule has 2 rings (SSSR count). The lowest BCUT2D eigenvalue weighted by molar-refractivity contribution is 0.305. The van der Waals surface area contributed by atoms with Crippen LogP contribution in [0.5, 0.6) is 11.5 Å². The van der Waals surface area contributed by atoms with E-state index in [2.05, 4.69) is 36.7 Å². The van der Waals surface area contributed by atoms with Crippen molar-refractivity contribution in [2.45, 2.75) is 32.6 Å². The third-order valence-corrected chi connectivity index (χ3v) is 3.47. The first kappa shape index (κ1) is 17.3. The number of terminal acetylenes is 1. The quantitative estimate of drug-likeness (QED) is 0.541. The van der Waals surface area contributed by atoms with Crippen LogP contribution in [0.2, 0.25) is 0 Å². The van der Waals surface area contributed by atoms with Crippen LogP contribution in [0.4, 0.5) is 0 Å². The van der Waals surface area contributed by atoms with E-state index in [0.717, 1.165) is 29.5 Å². The van der Waals surface area contributed by atoms with Crippen LogP contribution in [-0.2, 0) is 0 Å². The fraction of sp³-hybridized carbons (Fsp3) is 0.273. The van der Waals surface area contributed by atoms with E-state index in [0.29, 0.717) is 5.75 Å². The molecule has 2 heteroatoms. The van der Waals surface area contributed by atoms with Crippen LogP contribution in [0, 0.1) is 36.2 Å². The fourth-order valence-corrected chi connectivity index (χ4v) is 2.25. The Morgan fingerprint density at radius 2 is 1.62 bits per heavy atom. The van der Waals surface area contributed by atoms with Crippen LogP contribution < -0.4 is 9.47 Å². The summed E-state index contributed by atoms with van der Waals surface area (Å²) in [6, 6.07) is 11.8. The van der Waals surface area contributed by atoms with Crippen LogP contribution in [0.25, 0.3) is 10.8 Å². The van der Waals surface area contributed by atoms with Crippen molar-refractivity contribution in [3.8, 4) is 47.7 Å². The first-order valence-corrected chi connectivity index (χ1v) is 8.12. The molecule has 0 unspecified atom stereocenters. The minimum absolute atomic E-state index is 0.672. The lowest BCUT2D eigenvalue weighted by atomic mass is 10.1. The second-order valence-electron chi connectivity index (χ2n) is 5.30. The molecule has 0 heterocycles. The van der Waals surface area contributed by atoms with Gasteiger partial charge in [0.1, 0.15) is 17.6 Å². The monoisotopic (exact) mass is 316 g/mol. The molecule has 2 nitrogen and oxygen atoms in total. The zero-order valence-corrected chi connectivity index (χ0v) is 13.9. The van der Waals surface area contributed by atoms with Gasteiger partial charge in [0, 0.05) is 11.8 Å². The number of rotatable bonds is 7. The van der Waals surface area contributed by atoms with Gasteiger partial charge in [-0.05, 0) is 53.3 Å². The largest absolute Gasteiger partial charge is 0.494 e. The molecule has 0 aromatic heterocycles. The average molecular weight is 316 g/mol. The standard InChI is InChI=1S/C22H20O2/c1-3-5-7-9-15-23-21-13-11-20-18-22(14-12-19(20)17-21)24-16-10-8-6-4-2/h1,11-14,17-18H,4,6,8,10,16H2,2H3. The van der Waals surface area contributed by atoms with Crippen LogP contribution >= 0.6 is 0 Å². The van der Waals surface area contributed by atoms with Crippen molar-refractivity contribution >= 4 is 10.8 Å². The maximum atomic E-state index is 5.81. The van der Waals surface area contributed by atoms with Gasteiger partial charge >= 0.3 is 0 Å². The predicted octanol–water partition coefficient (Wildman–Crippen LogP) is 4.78. The zero-order chi connectivity index (χ0) is 17.0. The van der Waals surface area contributed by atoms with E-state index >= 15 is 0 Å². The molecule has 0 saturated heterocycles. The molecular weight excluding hydrogens is 296 g/mol. The minimum Gasteiger partial charge on any atom is -0.494 e. The molecule has 120 valence electrons. The Balaban J connectivity index is 1.97. The fourth-order valence-electron chi connectivity index (χ4n) is 2.25. The summed E-state index contributed by atoms with van der Waals surface area (Å²) in [5, 5.41) is 2.18. The van der Waals surface area contributed by atoms with E-state index < -0.39 is 0 Å². The highest BCUT2D eigenvalue weighted by molar-refractivity contribution is 5.85. The van der Waals surface area contributed by atoms with Gasteiger partial charge in [0.15, 0.2) is 0 Å². The summed E-state index contributed by atoms with van der Waals surface area (Å²) in [5.74, 6) is 11.2. The van der Waals surface area contributed by atoms with Gasteiger partial charge in [-0.25, -0.2) is 0 Å². The smallest absolute Gasteiger partial charge is 0.140 e. The number of hydrogen-bond donors (Lipinski definition) is 0. The van der Waals surface area contributed by atoms with Gasteiger partial charge in [-0.3, -0.25) is 0 Å². The molecule has 0 aliphatic rings. The number of benzene rings is 2. The molecule has 0 aliphatic heterocycles. The number of ether oxygens (including phenoxy) is 2. The Bertz CT molecular complexity index is 835. The number of hydrogen-bond acceptors (Lipinski definition) is 2. The maximum absolute atomic E-state index is 5.81. The van der Waals surface area contributed by atoms with Crippen molar-refractivity contribution in [2.75, 3.05) is 6.61 Å². The van der Waals surface area contributed by atoms with Crippen LogP contribution in [0.15, 0.2) is 36.4 Å².